The molecule has 2 aliphatic heterocycles. The maximum Gasteiger partial charge on any atom is 0.184 e. The lowest BCUT2D eigenvalue weighted by atomic mass is 10.0. The van der Waals surface area contributed by atoms with Gasteiger partial charge in [-0.15, -0.1) is 0 Å². The van der Waals surface area contributed by atoms with Crippen molar-refractivity contribution in [2.75, 3.05) is 13.2 Å². The van der Waals surface area contributed by atoms with E-state index < -0.39 is 43.6 Å². The summed E-state index contributed by atoms with van der Waals surface area (Å²) in [5.41, 5.74) is 1.59. The second kappa shape index (κ2) is 8.65. The van der Waals surface area contributed by atoms with Crippen molar-refractivity contribution < 1.29 is 29.2 Å². The number of aliphatic hydroxyl groups excluding tert-OH is 2. The van der Waals surface area contributed by atoms with Gasteiger partial charge in [-0.1, -0.05) is 47.5 Å². The van der Waals surface area contributed by atoms with Crippen molar-refractivity contribution in [3.63, 3.8) is 0 Å². The van der Waals surface area contributed by atoms with Gasteiger partial charge >= 0.3 is 0 Å². The molecule has 2 unspecified atom stereocenters. The zero-order chi connectivity index (χ0) is 19.7. The summed E-state index contributed by atoms with van der Waals surface area (Å²) in [7, 11) is 0. The van der Waals surface area contributed by atoms with Gasteiger partial charge in [0.05, 0.1) is 13.2 Å². The number of ether oxygens (including phenoxy) is 4. The van der Waals surface area contributed by atoms with E-state index in [4.69, 9.17) is 42.1 Å². The van der Waals surface area contributed by atoms with Crippen molar-refractivity contribution >= 4 is 23.2 Å². The normalized spacial score (nSPS) is 31.2. The summed E-state index contributed by atoms with van der Waals surface area (Å²) in [5.74, 6) is 0. The molecule has 0 amide bonds. The maximum atomic E-state index is 10.2. The van der Waals surface area contributed by atoms with E-state index in [9.17, 15) is 10.2 Å². The van der Waals surface area contributed by atoms with Crippen LogP contribution in [0.15, 0.2) is 48.5 Å². The highest BCUT2D eigenvalue weighted by Gasteiger charge is 2.48. The van der Waals surface area contributed by atoms with Crippen molar-refractivity contribution in [2.24, 2.45) is 0 Å². The Kier molecular flexibility index (Phi) is 6.20. The highest BCUT2D eigenvalue weighted by molar-refractivity contribution is 6.30. The van der Waals surface area contributed by atoms with E-state index in [2.05, 4.69) is 0 Å². The highest BCUT2D eigenvalue weighted by Crippen LogP contribution is 2.39. The first kappa shape index (κ1) is 20.1. The van der Waals surface area contributed by atoms with Gasteiger partial charge < -0.3 is 29.2 Å². The zero-order valence-corrected chi connectivity index (χ0v) is 16.3. The van der Waals surface area contributed by atoms with E-state index in [0.717, 1.165) is 11.1 Å². The van der Waals surface area contributed by atoms with Crippen LogP contribution in [0.1, 0.15) is 23.7 Å². The second-order valence-corrected chi connectivity index (χ2v) is 7.60. The molecule has 2 aromatic carbocycles. The van der Waals surface area contributed by atoms with Crippen molar-refractivity contribution in [3.05, 3.63) is 69.7 Å². The monoisotopic (exact) mass is 426 g/mol. The van der Waals surface area contributed by atoms with Crippen LogP contribution in [0, 0.1) is 0 Å². The van der Waals surface area contributed by atoms with E-state index in [1.165, 1.54) is 0 Å². The van der Waals surface area contributed by atoms with E-state index in [1.807, 2.05) is 12.1 Å². The molecular weight excluding hydrogens is 407 g/mol. The summed E-state index contributed by atoms with van der Waals surface area (Å²) < 4.78 is 23.7. The molecule has 8 heteroatoms. The van der Waals surface area contributed by atoms with Gasteiger partial charge in [0.15, 0.2) is 12.6 Å². The topological polar surface area (TPSA) is 77.4 Å². The average Bonchev–Trinajstić information content (AvgIpc) is 3.36. The molecule has 2 fully saturated rings. The van der Waals surface area contributed by atoms with E-state index >= 15 is 0 Å². The van der Waals surface area contributed by atoms with Gasteiger partial charge in [0, 0.05) is 21.2 Å². The first-order valence-electron chi connectivity index (χ1n) is 8.93. The van der Waals surface area contributed by atoms with Crippen LogP contribution >= 0.6 is 23.2 Å². The Morgan fingerprint density at radius 2 is 1.43 bits per heavy atom. The number of benzene rings is 2. The summed E-state index contributed by atoms with van der Waals surface area (Å²) in [4.78, 5) is 0. The van der Waals surface area contributed by atoms with Crippen molar-refractivity contribution in [3.8, 4) is 0 Å². The van der Waals surface area contributed by atoms with Gasteiger partial charge in [0.1, 0.15) is 24.4 Å². The van der Waals surface area contributed by atoms with E-state index in [1.54, 1.807) is 36.4 Å². The fraction of sp³-hybridized carbons (Fsp3) is 0.400. The Hall–Kier alpha value is -1.22. The number of rotatable bonds is 5. The van der Waals surface area contributed by atoms with Crippen LogP contribution in [0.5, 0.6) is 0 Å². The summed E-state index contributed by atoms with van der Waals surface area (Å²) in [5, 5.41) is 20.9. The molecule has 0 aliphatic carbocycles. The molecule has 0 radical (unpaired) electrons. The molecule has 2 N–H and O–H groups in total. The molecule has 28 heavy (non-hydrogen) atoms. The van der Waals surface area contributed by atoms with Crippen LogP contribution in [0.4, 0.5) is 0 Å². The molecule has 0 spiro atoms. The predicted octanol–water partition coefficient (Wildman–Crippen LogP) is 3.24. The fourth-order valence-electron chi connectivity index (χ4n) is 3.35. The lowest BCUT2D eigenvalue weighted by molar-refractivity contribution is -0.107. The molecule has 150 valence electrons. The van der Waals surface area contributed by atoms with Crippen molar-refractivity contribution in [1.29, 1.82) is 0 Å². The molecule has 4 rings (SSSR count). The Labute approximate surface area is 172 Å². The molecular formula is C20H20Cl2O6. The van der Waals surface area contributed by atoms with E-state index in [-0.39, 0.29) is 6.61 Å². The molecule has 2 saturated heterocycles. The maximum absolute atomic E-state index is 10.2. The zero-order valence-electron chi connectivity index (χ0n) is 14.8. The second-order valence-electron chi connectivity index (χ2n) is 6.73. The summed E-state index contributed by atoms with van der Waals surface area (Å²) >= 11 is 11.9. The lowest BCUT2D eigenvalue weighted by Gasteiger charge is -2.24. The van der Waals surface area contributed by atoms with Crippen LogP contribution in [0.25, 0.3) is 0 Å². The van der Waals surface area contributed by atoms with Crippen LogP contribution in [0.3, 0.4) is 0 Å². The highest BCUT2D eigenvalue weighted by atomic mass is 35.5. The first-order valence-corrected chi connectivity index (χ1v) is 9.68. The molecule has 6 nitrogen and oxygen atoms in total. The smallest absolute Gasteiger partial charge is 0.184 e. The fourth-order valence-corrected chi connectivity index (χ4v) is 3.60. The largest absolute Gasteiger partial charge is 0.394 e. The van der Waals surface area contributed by atoms with E-state index in [0.29, 0.717) is 10.0 Å². The quantitative estimate of drug-likeness (QED) is 0.763. The molecule has 0 aromatic heterocycles. The van der Waals surface area contributed by atoms with Gasteiger partial charge in [0.25, 0.3) is 0 Å². The minimum absolute atomic E-state index is 0.267. The molecule has 2 aliphatic rings. The van der Waals surface area contributed by atoms with Crippen LogP contribution in [-0.2, 0) is 18.9 Å². The van der Waals surface area contributed by atoms with Gasteiger partial charge in [0.2, 0.25) is 0 Å². The molecule has 0 bridgehead atoms. The van der Waals surface area contributed by atoms with Gasteiger partial charge in [-0.25, -0.2) is 0 Å². The van der Waals surface area contributed by atoms with Gasteiger partial charge in [-0.05, 0) is 24.3 Å². The Morgan fingerprint density at radius 1 is 0.857 bits per heavy atom. The van der Waals surface area contributed by atoms with Crippen LogP contribution in [-0.4, -0.2) is 47.8 Å². The number of aliphatic hydroxyl groups is 2. The summed E-state index contributed by atoms with van der Waals surface area (Å²) in [6.45, 7) is -0.185. The molecule has 0 saturated carbocycles. The summed E-state index contributed by atoms with van der Waals surface area (Å²) in [6.07, 6.45) is -4.22. The Bertz CT molecular complexity index is 784. The number of halogens is 2. The average molecular weight is 427 g/mol. The Morgan fingerprint density at radius 3 is 2.00 bits per heavy atom. The van der Waals surface area contributed by atoms with Gasteiger partial charge in [-0.3, -0.25) is 0 Å². The number of hydrogen-bond acceptors (Lipinski definition) is 6. The minimum Gasteiger partial charge on any atom is -0.394 e. The molecule has 2 heterocycles. The Balaban J connectivity index is 1.49. The van der Waals surface area contributed by atoms with Crippen LogP contribution < -0.4 is 0 Å². The first-order chi connectivity index (χ1) is 13.5. The standard InChI is InChI=1S/C20H20Cl2O6/c21-13-5-1-11(2-6-13)19-25-10-16(26-19)18-17(15(24)9-23)27-20(28-18)12-3-7-14(22)8-4-12/h1-8,15-20,23-24H,9-10H2/t15-,16+,17-,18-,19?,20?/m0/s1. The van der Waals surface area contributed by atoms with Crippen LogP contribution in [0.2, 0.25) is 10.0 Å². The third-order valence-corrected chi connectivity index (χ3v) is 5.32. The third kappa shape index (κ3) is 4.20. The predicted molar refractivity (Wildman–Crippen MR) is 102 cm³/mol. The third-order valence-electron chi connectivity index (χ3n) is 4.81. The van der Waals surface area contributed by atoms with Crippen molar-refractivity contribution in [2.45, 2.75) is 37.0 Å². The van der Waals surface area contributed by atoms with Gasteiger partial charge in [-0.2, -0.15) is 0 Å². The molecule has 6 atom stereocenters. The number of hydrogen-bond donors (Lipinski definition) is 2. The minimum atomic E-state index is -1.11. The lowest BCUT2D eigenvalue weighted by Crippen LogP contribution is -2.44. The summed E-state index contributed by atoms with van der Waals surface area (Å²) in [6, 6.07) is 14.2. The van der Waals surface area contributed by atoms with Crippen molar-refractivity contribution in [1.82, 2.24) is 0 Å². The molecule has 2 aromatic rings. The SMILES string of the molecule is OC[C@H](O)[C@@H]1OC(c2ccc(Cl)cc2)O[C@H]1[C@H]1COC(c2ccc(Cl)cc2)O1.